The highest BCUT2D eigenvalue weighted by Crippen LogP contribution is 2.09. The number of halogens is 1. The van der Waals surface area contributed by atoms with Gasteiger partial charge in [-0.1, -0.05) is 26.0 Å². The predicted molar refractivity (Wildman–Crippen MR) is 57.8 cm³/mol. The largest absolute Gasteiger partial charge is 0.317 e. The summed E-state index contributed by atoms with van der Waals surface area (Å²) in [5.41, 5.74) is 1.08. The fourth-order valence-electron chi connectivity index (χ4n) is 1.53. The van der Waals surface area contributed by atoms with Crippen LogP contribution in [0.25, 0.3) is 0 Å². The van der Waals surface area contributed by atoms with Crippen molar-refractivity contribution in [1.29, 1.82) is 0 Å². The molecule has 0 radical (unpaired) electrons. The summed E-state index contributed by atoms with van der Waals surface area (Å²) in [6.07, 6.45) is 0.935. The molecule has 0 fully saturated rings. The Morgan fingerprint density at radius 1 is 1.43 bits per heavy atom. The summed E-state index contributed by atoms with van der Waals surface area (Å²) in [5, 5.41) is 3.29. The van der Waals surface area contributed by atoms with Gasteiger partial charge < -0.3 is 5.32 Å². The molecule has 0 aliphatic carbocycles. The Balaban J connectivity index is 2.43. The van der Waals surface area contributed by atoms with E-state index < -0.39 is 0 Å². The fraction of sp³-hybridized carbons (Fsp3) is 0.500. The average Bonchev–Trinajstić information content (AvgIpc) is 2.15. The van der Waals surface area contributed by atoms with Crippen LogP contribution in [-0.4, -0.2) is 13.1 Å². The van der Waals surface area contributed by atoms with Crippen LogP contribution >= 0.6 is 0 Å². The lowest BCUT2D eigenvalue weighted by Crippen LogP contribution is -2.21. The smallest absolute Gasteiger partial charge is 0.123 e. The van der Waals surface area contributed by atoms with Crippen molar-refractivity contribution in [3.05, 3.63) is 35.6 Å². The first kappa shape index (κ1) is 11.2. The number of hydrogen-bond donors (Lipinski definition) is 1. The van der Waals surface area contributed by atoms with E-state index in [9.17, 15) is 4.39 Å². The van der Waals surface area contributed by atoms with E-state index >= 15 is 0 Å². The molecule has 0 aromatic heterocycles. The van der Waals surface area contributed by atoms with Crippen LogP contribution in [0.5, 0.6) is 0 Å². The molecule has 14 heavy (non-hydrogen) atoms. The van der Waals surface area contributed by atoms with E-state index in [0.29, 0.717) is 5.92 Å². The Labute approximate surface area is 85.3 Å². The van der Waals surface area contributed by atoms with Gasteiger partial charge in [0.15, 0.2) is 0 Å². The van der Waals surface area contributed by atoms with Crippen LogP contribution in [-0.2, 0) is 6.42 Å². The van der Waals surface area contributed by atoms with Crippen LogP contribution in [0.2, 0.25) is 0 Å². The Kier molecular flexibility index (Phi) is 4.60. The highest BCUT2D eigenvalue weighted by Gasteiger charge is 2.03. The van der Waals surface area contributed by atoms with Crippen LogP contribution in [0, 0.1) is 11.7 Å². The third kappa shape index (κ3) is 3.88. The van der Waals surface area contributed by atoms with Gasteiger partial charge in [0.25, 0.3) is 0 Å². The Bertz CT molecular complexity index is 273. The zero-order valence-electron chi connectivity index (χ0n) is 8.89. The second kappa shape index (κ2) is 5.76. The molecule has 1 N–H and O–H groups in total. The van der Waals surface area contributed by atoms with Crippen molar-refractivity contribution >= 4 is 0 Å². The monoisotopic (exact) mass is 195 g/mol. The molecule has 0 spiro atoms. The van der Waals surface area contributed by atoms with Crippen LogP contribution < -0.4 is 5.32 Å². The van der Waals surface area contributed by atoms with Crippen molar-refractivity contribution in [3.8, 4) is 0 Å². The molecule has 1 nitrogen and oxygen atoms in total. The number of hydrogen-bond acceptors (Lipinski definition) is 1. The maximum absolute atomic E-state index is 12.9. The molecular formula is C12H18FN. The van der Waals surface area contributed by atoms with Crippen molar-refractivity contribution in [2.75, 3.05) is 13.1 Å². The molecule has 0 aliphatic rings. The minimum Gasteiger partial charge on any atom is -0.317 e. The molecule has 1 unspecified atom stereocenters. The lowest BCUT2D eigenvalue weighted by atomic mass is 10.0. The maximum atomic E-state index is 12.9. The Hall–Kier alpha value is -0.890. The third-order valence-electron chi connectivity index (χ3n) is 2.22. The lowest BCUT2D eigenvalue weighted by Gasteiger charge is -2.11. The Morgan fingerprint density at radius 2 is 2.21 bits per heavy atom. The average molecular weight is 195 g/mol. The van der Waals surface area contributed by atoms with Crippen molar-refractivity contribution < 1.29 is 4.39 Å². The van der Waals surface area contributed by atoms with Crippen molar-refractivity contribution in [2.24, 2.45) is 5.92 Å². The minimum atomic E-state index is -0.141. The van der Waals surface area contributed by atoms with Gasteiger partial charge in [-0.15, -0.1) is 0 Å². The van der Waals surface area contributed by atoms with E-state index in [4.69, 9.17) is 0 Å². The van der Waals surface area contributed by atoms with Gasteiger partial charge in [0.1, 0.15) is 5.82 Å². The molecule has 0 saturated heterocycles. The number of rotatable bonds is 5. The predicted octanol–water partition coefficient (Wildman–Crippen LogP) is 2.61. The summed E-state index contributed by atoms with van der Waals surface area (Å²) in [4.78, 5) is 0. The van der Waals surface area contributed by atoms with E-state index in [1.807, 2.05) is 6.07 Å². The summed E-state index contributed by atoms with van der Waals surface area (Å²) >= 11 is 0. The molecule has 1 aromatic rings. The van der Waals surface area contributed by atoms with E-state index in [-0.39, 0.29) is 5.82 Å². The number of benzene rings is 1. The lowest BCUT2D eigenvalue weighted by molar-refractivity contribution is 0.519. The number of nitrogens with one attached hydrogen (secondary N) is 1. The van der Waals surface area contributed by atoms with E-state index in [1.165, 1.54) is 6.07 Å². The van der Waals surface area contributed by atoms with Crippen molar-refractivity contribution in [1.82, 2.24) is 5.32 Å². The van der Waals surface area contributed by atoms with Crippen LogP contribution in [0.3, 0.4) is 0 Å². The minimum absolute atomic E-state index is 0.141. The van der Waals surface area contributed by atoms with Gasteiger partial charge >= 0.3 is 0 Å². The van der Waals surface area contributed by atoms with Gasteiger partial charge in [-0.3, -0.25) is 0 Å². The SMILES string of the molecule is CCNCC(C)Cc1cccc(F)c1. The molecular weight excluding hydrogens is 177 g/mol. The maximum Gasteiger partial charge on any atom is 0.123 e. The molecule has 0 aliphatic heterocycles. The summed E-state index contributed by atoms with van der Waals surface area (Å²) < 4.78 is 12.9. The van der Waals surface area contributed by atoms with Crippen LogP contribution in [0.4, 0.5) is 4.39 Å². The quantitative estimate of drug-likeness (QED) is 0.761. The van der Waals surface area contributed by atoms with E-state index in [0.717, 1.165) is 25.1 Å². The highest BCUT2D eigenvalue weighted by molar-refractivity contribution is 5.16. The molecule has 0 heterocycles. The van der Waals surface area contributed by atoms with Crippen LogP contribution in [0.1, 0.15) is 19.4 Å². The zero-order valence-corrected chi connectivity index (χ0v) is 8.89. The van der Waals surface area contributed by atoms with Gasteiger partial charge in [0, 0.05) is 0 Å². The molecule has 0 saturated carbocycles. The third-order valence-corrected chi connectivity index (χ3v) is 2.22. The molecule has 2 heteroatoms. The summed E-state index contributed by atoms with van der Waals surface area (Å²) in [6.45, 7) is 6.25. The van der Waals surface area contributed by atoms with E-state index in [1.54, 1.807) is 12.1 Å². The normalized spacial score (nSPS) is 12.8. The first-order valence-electron chi connectivity index (χ1n) is 5.17. The standard InChI is InChI=1S/C12H18FN/c1-3-14-9-10(2)7-11-5-4-6-12(13)8-11/h4-6,8,10,14H,3,7,9H2,1-2H3. The van der Waals surface area contributed by atoms with Gasteiger partial charge in [-0.2, -0.15) is 0 Å². The summed E-state index contributed by atoms with van der Waals surface area (Å²) in [7, 11) is 0. The van der Waals surface area contributed by atoms with Crippen molar-refractivity contribution in [3.63, 3.8) is 0 Å². The molecule has 78 valence electrons. The zero-order chi connectivity index (χ0) is 10.4. The second-order valence-electron chi connectivity index (χ2n) is 3.75. The molecule has 0 bridgehead atoms. The molecule has 1 atom stereocenters. The fourth-order valence-corrected chi connectivity index (χ4v) is 1.53. The molecule has 1 aromatic carbocycles. The summed E-state index contributed by atoms with van der Waals surface area (Å²) in [5.74, 6) is 0.412. The Morgan fingerprint density at radius 3 is 2.86 bits per heavy atom. The van der Waals surface area contributed by atoms with E-state index in [2.05, 4.69) is 19.2 Å². The topological polar surface area (TPSA) is 12.0 Å². The van der Waals surface area contributed by atoms with Gasteiger partial charge in [0.2, 0.25) is 0 Å². The van der Waals surface area contributed by atoms with Crippen molar-refractivity contribution in [2.45, 2.75) is 20.3 Å². The second-order valence-corrected chi connectivity index (χ2v) is 3.75. The van der Waals surface area contributed by atoms with Gasteiger partial charge in [-0.05, 0) is 43.1 Å². The summed E-state index contributed by atoms with van der Waals surface area (Å²) in [6, 6.07) is 6.84. The van der Waals surface area contributed by atoms with Gasteiger partial charge in [0.05, 0.1) is 0 Å². The van der Waals surface area contributed by atoms with Gasteiger partial charge in [-0.25, -0.2) is 4.39 Å². The molecule has 0 amide bonds. The first-order chi connectivity index (χ1) is 6.72. The van der Waals surface area contributed by atoms with Crippen LogP contribution in [0.15, 0.2) is 24.3 Å². The highest BCUT2D eigenvalue weighted by atomic mass is 19.1. The molecule has 1 rings (SSSR count). The first-order valence-corrected chi connectivity index (χ1v) is 5.17.